The van der Waals surface area contributed by atoms with Gasteiger partial charge in [-0.25, -0.2) is 4.98 Å². The molecule has 0 saturated heterocycles. The monoisotopic (exact) mass is 208 g/mol. The normalized spacial score (nSPS) is 10.3. The lowest BCUT2D eigenvalue weighted by molar-refractivity contribution is 0.205. The predicted octanol–water partition coefficient (Wildman–Crippen LogP) is 2.12. The fraction of sp³-hybridized carbons (Fsp3) is 0.583. The topological polar surface area (TPSA) is 25.4 Å². The van der Waals surface area contributed by atoms with Crippen LogP contribution in [0.4, 0.5) is 5.82 Å². The molecule has 0 aliphatic heterocycles. The molecule has 84 valence electrons. The van der Waals surface area contributed by atoms with Crippen LogP contribution in [-0.4, -0.2) is 31.8 Å². The zero-order valence-corrected chi connectivity index (χ0v) is 9.86. The molecule has 0 radical (unpaired) electrons. The van der Waals surface area contributed by atoms with E-state index in [1.165, 1.54) is 5.56 Å². The second-order valence-corrected chi connectivity index (χ2v) is 3.45. The first-order valence-corrected chi connectivity index (χ1v) is 5.50. The van der Waals surface area contributed by atoms with Crippen molar-refractivity contribution in [3.05, 3.63) is 23.9 Å². The number of methoxy groups -OCH3 is 1. The number of likely N-dealkylation sites (N-methyl/N-ethyl adjacent to an activating group) is 1. The van der Waals surface area contributed by atoms with E-state index < -0.39 is 0 Å². The molecule has 0 amide bonds. The molecule has 1 heterocycles. The Labute approximate surface area is 92.1 Å². The van der Waals surface area contributed by atoms with Gasteiger partial charge in [-0.15, -0.1) is 0 Å². The molecule has 0 saturated carbocycles. The standard InChI is InChI=1S/C12H20N2O/c1-4-11-6-7-12(13-10-11)14(5-2)8-9-15-3/h6-7,10H,4-5,8-9H2,1-3H3. The Balaban J connectivity index is 2.65. The summed E-state index contributed by atoms with van der Waals surface area (Å²) in [6.07, 6.45) is 2.99. The van der Waals surface area contributed by atoms with E-state index in [-0.39, 0.29) is 0 Å². The number of rotatable bonds is 6. The van der Waals surface area contributed by atoms with Crippen LogP contribution in [0.1, 0.15) is 19.4 Å². The number of ether oxygens (including phenoxy) is 1. The van der Waals surface area contributed by atoms with Crippen molar-refractivity contribution in [1.82, 2.24) is 4.98 Å². The van der Waals surface area contributed by atoms with Crippen LogP contribution < -0.4 is 4.90 Å². The minimum Gasteiger partial charge on any atom is -0.383 e. The Hall–Kier alpha value is -1.09. The Morgan fingerprint density at radius 2 is 2.13 bits per heavy atom. The Kier molecular flexibility index (Phi) is 5.12. The molecule has 1 aromatic rings. The number of anilines is 1. The van der Waals surface area contributed by atoms with Gasteiger partial charge >= 0.3 is 0 Å². The number of hydrogen-bond donors (Lipinski definition) is 0. The van der Waals surface area contributed by atoms with Crippen molar-refractivity contribution in [2.75, 3.05) is 31.7 Å². The zero-order chi connectivity index (χ0) is 11.1. The summed E-state index contributed by atoms with van der Waals surface area (Å²) < 4.78 is 5.07. The largest absolute Gasteiger partial charge is 0.383 e. The lowest BCUT2D eigenvalue weighted by Gasteiger charge is -2.21. The first kappa shape index (κ1) is 12.0. The van der Waals surface area contributed by atoms with Crippen molar-refractivity contribution in [2.24, 2.45) is 0 Å². The van der Waals surface area contributed by atoms with Crippen LogP contribution in [-0.2, 0) is 11.2 Å². The third kappa shape index (κ3) is 3.51. The molecule has 3 nitrogen and oxygen atoms in total. The summed E-state index contributed by atoms with van der Waals surface area (Å²) in [5.74, 6) is 1.03. The summed E-state index contributed by atoms with van der Waals surface area (Å²) in [5.41, 5.74) is 1.28. The first-order chi connectivity index (χ1) is 7.31. The fourth-order valence-electron chi connectivity index (χ4n) is 1.45. The van der Waals surface area contributed by atoms with E-state index in [1.54, 1.807) is 7.11 Å². The average Bonchev–Trinajstić information content (AvgIpc) is 2.31. The molecule has 3 heteroatoms. The van der Waals surface area contributed by atoms with Crippen molar-refractivity contribution >= 4 is 5.82 Å². The van der Waals surface area contributed by atoms with Gasteiger partial charge in [0, 0.05) is 26.4 Å². The smallest absolute Gasteiger partial charge is 0.128 e. The van der Waals surface area contributed by atoms with Gasteiger partial charge in [-0.3, -0.25) is 0 Å². The Bertz CT molecular complexity index is 271. The van der Waals surface area contributed by atoms with E-state index in [2.05, 4.69) is 35.9 Å². The molecule has 0 fully saturated rings. The van der Waals surface area contributed by atoms with Crippen molar-refractivity contribution in [1.29, 1.82) is 0 Å². The molecule has 0 aliphatic rings. The van der Waals surface area contributed by atoms with Gasteiger partial charge in [-0.1, -0.05) is 13.0 Å². The minimum atomic E-state index is 0.741. The summed E-state index contributed by atoms with van der Waals surface area (Å²) in [6, 6.07) is 4.22. The van der Waals surface area contributed by atoms with Crippen LogP contribution in [0.25, 0.3) is 0 Å². The maximum absolute atomic E-state index is 5.07. The lowest BCUT2D eigenvalue weighted by atomic mass is 10.2. The van der Waals surface area contributed by atoms with Crippen molar-refractivity contribution in [3.63, 3.8) is 0 Å². The molecule has 0 spiro atoms. The highest BCUT2D eigenvalue weighted by Gasteiger charge is 2.04. The van der Waals surface area contributed by atoms with Gasteiger partial charge in [-0.2, -0.15) is 0 Å². The van der Waals surface area contributed by atoms with E-state index in [9.17, 15) is 0 Å². The van der Waals surface area contributed by atoms with Gasteiger partial charge in [0.2, 0.25) is 0 Å². The third-order valence-electron chi connectivity index (χ3n) is 2.49. The quantitative estimate of drug-likeness (QED) is 0.716. The molecule has 0 atom stereocenters. The zero-order valence-electron chi connectivity index (χ0n) is 9.86. The van der Waals surface area contributed by atoms with E-state index in [0.717, 1.165) is 31.9 Å². The van der Waals surface area contributed by atoms with Gasteiger partial charge in [0.25, 0.3) is 0 Å². The van der Waals surface area contributed by atoms with E-state index >= 15 is 0 Å². The fourth-order valence-corrected chi connectivity index (χ4v) is 1.45. The summed E-state index contributed by atoms with van der Waals surface area (Å²) in [5, 5.41) is 0. The predicted molar refractivity (Wildman–Crippen MR) is 63.4 cm³/mol. The van der Waals surface area contributed by atoms with Gasteiger partial charge in [0.05, 0.1) is 6.61 Å². The summed E-state index contributed by atoms with van der Waals surface area (Å²) in [4.78, 5) is 6.66. The molecule has 0 aliphatic carbocycles. The van der Waals surface area contributed by atoms with E-state index in [4.69, 9.17) is 4.74 Å². The summed E-state index contributed by atoms with van der Waals surface area (Å²) in [6.45, 7) is 6.86. The SMILES string of the molecule is CCc1ccc(N(CC)CCOC)nc1. The van der Waals surface area contributed by atoms with E-state index in [1.807, 2.05) is 6.20 Å². The highest BCUT2D eigenvalue weighted by atomic mass is 16.5. The van der Waals surface area contributed by atoms with Crippen molar-refractivity contribution < 1.29 is 4.74 Å². The molecule has 0 aromatic carbocycles. The van der Waals surface area contributed by atoms with E-state index in [0.29, 0.717) is 0 Å². The maximum atomic E-state index is 5.07. The van der Waals surface area contributed by atoms with Crippen molar-refractivity contribution in [2.45, 2.75) is 20.3 Å². The van der Waals surface area contributed by atoms with Gasteiger partial charge < -0.3 is 9.64 Å². The number of aryl methyl sites for hydroxylation is 1. The van der Waals surface area contributed by atoms with Crippen LogP contribution in [0.15, 0.2) is 18.3 Å². The highest BCUT2D eigenvalue weighted by Crippen LogP contribution is 2.10. The summed E-state index contributed by atoms with van der Waals surface area (Å²) >= 11 is 0. The van der Waals surface area contributed by atoms with Crippen LogP contribution in [0.2, 0.25) is 0 Å². The third-order valence-corrected chi connectivity index (χ3v) is 2.49. The second kappa shape index (κ2) is 6.40. The van der Waals surface area contributed by atoms with Crippen molar-refractivity contribution in [3.8, 4) is 0 Å². The molecule has 1 aromatic heterocycles. The van der Waals surface area contributed by atoms with Gasteiger partial charge in [-0.05, 0) is 25.0 Å². The highest BCUT2D eigenvalue weighted by molar-refractivity contribution is 5.39. The maximum Gasteiger partial charge on any atom is 0.128 e. The van der Waals surface area contributed by atoms with Gasteiger partial charge in [0.15, 0.2) is 0 Å². The second-order valence-electron chi connectivity index (χ2n) is 3.45. The molecular weight excluding hydrogens is 188 g/mol. The lowest BCUT2D eigenvalue weighted by Crippen LogP contribution is -2.27. The summed E-state index contributed by atoms with van der Waals surface area (Å²) in [7, 11) is 1.72. The number of aromatic nitrogens is 1. The Morgan fingerprint density at radius 3 is 2.60 bits per heavy atom. The van der Waals surface area contributed by atoms with Gasteiger partial charge in [0.1, 0.15) is 5.82 Å². The molecule has 0 N–H and O–H groups in total. The van der Waals surface area contributed by atoms with Crippen LogP contribution in [0, 0.1) is 0 Å². The number of nitrogens with zero attached hydrogens (tertiary/aromatic N) is 2. The van der Waals surface area contributed by atoms with Crippen LogP contribution in [0.5, 0.6) is 0 Å². The first-order valence-electron chi connectivity index (χ1n) is 5.50. The Morgan fingerprint density at radius 1 is 1.33 bits per heavy atom. The van der Waals surface area contributed by atoms with Crippen LogP contribution in [0.3, 0.4) is 0 Å². The average molecular weight is 208 g/mol. The van der Waals surface area contributed by atoms with Crippen LogP contribution >= 0.6 is 0 Å². The molecule has 15 heavy (non-hydrogen) atoms. The number of hydrogen-bond acceptors (Lipinski definition) is 3. The molecular formula is C12H20N2O. The molecule has 1 rings (SSSR count). The molecule has 0 unspecified atom stereocenters. The minimum absolute atomic E-state index is 0.741. The molecule has 0 bridgehead atoms. The number of pyridine rings is 1.